The van der Waals surface area contributed by atoms with E-state index in [0.717, 1.165) is 7.11 Å². The molecule has 2 N–H and O–H groups in total. The minimum absolute atomic E-state index is 0.0309. The predicted molar refractivity (Wildman–Crippen MR) is 68.1 cm³/mol. The van der Waals surface area contributed by atoms with Crippen LogP contribution in [0.15, 0.2) is 30.3 Å². The zero-order valence-electron chi connectivity index (χ0n) is 11.5. The topological polar surface area (TPSA) is 84.9 Å². The van der Waals surface area contributed by atoms with Crippen LogP contribution in [0.1, 0.15) is 6.42 Å². The summed E-state index contributed by atoms with van der Waals surface area (Å²) in [6, 6.07) is 4.75. The first-order chi connectivity index (χ1) is 10.2. The van der Waals surface area contributed by atoms with Crippen molar-refractivity contribution in [1.29, 1.82) is 0 Å². The van der Waals surface area contributed by atoms with Crippen LogP contribution in [-0.4, -0.2) is 42.6 Å². The van der Waals surface area contributed by atoms with Gasteiger partial charge < -0.3 is 19.9 Å². The van der Waals surface area contributed by atoms with Gasteiger partial charge in [-0.2, -0.15) is 13.2 Å². The van der Waals surface area contributed by atoms with Crippen LogP contribution in [0.25, 0.3) is 0 Å². The summed E-state index contributed by atoms with van der Waals surface area (Å²) in [4.78, 5) is 22.4. The van der Waals surface area contributed by atoms with Crippen molar-refractivity contribution in [2.75, 3.05) is 7.11 Å². The van der Waals surface area contributed by atoms with Crippen molar-refractivity contribution >= 4 is 12.1 Å². The van der Waals surface area contributed by atoms with Crippen LogP contribution in [0.2, 0.25) is 0 Å². The molecule has 0 heterocycles. The Labute approximate surface area is 123 Å². The van der Waals surface area contributed by atoms with Crippen molar-refractivity contribution in [1.82, 2.24) is 5.32 Å². The van der Waals surface area contributed by atoms with Crippen molar-refractivity contribution < 1.29 is 37.3 Å². The van der Waals surface area contributed by atoms with Gasteiger partial charge in [-0.3, -0.25) is 4.79 Å². The van der Waals surface area contributed by atoms with Gasteiger partial charge in [0.15, 0.2) is 6.04 Å². The highest BCUT2D eigenvalue weighted by molar-refractivity contribution is 5.72. The number of hydrogen-bond donors (Lipinski definition) is 2. The molecule has 0 saturated heterocycles. The van der Waals surface area contributed by atoms with Gasteiger partial charge in [0.05, 0.1) is 19.6 Å². The molecule has 1 rings (SSSR count). The number of para-hydroxylation sites is 1. The highest BCUT2D eigenvalue weighted by Gasteiger charge is 2.46. The van der Waals surface area contributed by atoms with Crippen LogP contribution in [0.4, 0.5) is 18.0 Å². The third kappa shape index (κ3) is 5.60. The number of aliphatic hydroxyl groups is 1. The Kier molecular flexibility index (Phi) is 6.17. The summed E-state index contributed by atoms with van der Waals surface area (Å²) < 4.78 is 47.3. The highest BCUT2D eigenvalue weighted by Crippen LogP contribution is 2.24. The molecule has 0 fully saturated rings. The fourth-order valence-electron chi connectivity index (χ4n) is 1.52. The lowest BCUT2D eigenvalue weighted by molar-refractivity contribution is -0.179. The van der Waals surface area contributed by atoms with Gasteiger partial charge in [-0.05, 0) is 12.1 Å². The number of aliphatic hydroxyl groups excluding tert-OH is 1. The van der Waals surface area contributed by atoms with Crippen molar-refractivity contribution in [2.45, 2.75) is 24.7 Å². The number of rotatable bonds is 5. The summed E-state index contributed by atoms with van der Waals surface area (Å²) in [5, 5.41) is 11.0. The molecule has 0 aromatic heterocycles. The first-order valence-electron chi connectivity index (χ1n) is 6.09. The first-order valence-corrected chi connectivity index (χ1v) is 6.09. The van der Waals surface area contributed by atoms with E-state index >= 15 is 0 Å². The smallest absolute Gasteiger partial charge is 0.413 e. The molecule has 9 heteroatoms. The van der Waals surface area contributed by atoms with Gasteiger partial charge in [-0.15, -0.1) is 0 Å². The molecule has 0 aliphatic heterocycles. The molecule has 0 unspecified atom stereocenters. The number of hydrogen-bond acceptors (Lipinski definition) is 5. The monoisotopic (exact) mass is 321 g/mol. The molecule has 1 aromatic carbocycles. The van der Waals surface area contributed by atoms with Crippen molar-refractivity contribution in [3.05, 3.63) is 30.3 Å². The number of benzene rings is 1. The van der Waals surface area contributed by atoms with E-state index in [0.29, 0.717) is 0 Å². The Balaban J connectivity index is 2.73. The van der Waals surface area contributed by atoms with Gasteiger partial charge in [0.1, 0.15) is 5.75 Å². The van der Waals surface area contributed by atoms with Gasteiger partial charge in [-0.25, -0.2) is 4.79 Å². The minimum atomic E-state index is -4.97. The maximum absolute atomic E-state index is 12.8. The lowest BCUT2D eigenvalue weighted by Crippen LogP contribution is -2.54. The molecule has 0 saturated carbocycles. The third-order valence-corrected chi connectivity index (χ3v) is 2.57. The molecule has 0 aliphatic rings. The van der Waals surface area contributed by atoms with Crippen molar-refractivity contribution in [2.24, 2.45) is 0 Å². The number of carbonyl (C=O) groups excluding carboxylic acids is 2. The number of alkyl halides is 3. The number of nitrogens with one attached hydrogen (secondary N) is 1. The third-order valence-electron chi connectivity index (χ3n) is 2.57. The number of esters is 1. The Bertz CT molecular complexity index is 506. The number of carbonyl (C=O) groups is 2. The second kappa shape index (κ2) is 7.64. The summed E-state index contributed by atoms with van der Waals surface area (Å²) in [6.45, 7) is 0. The van der Waals surface area contributed by atoms with Gasteiger partial charge in [0.25, 0.3) is 0 Å². The predicted octanol–water partition coefficient (Wildman–Crippen LogP) is 1.63. The van der Waals surface area contributed by atoms with E-state index in [4.69, 9.17) is 0 Å². The highest BCUT2D eigenvalue weighted by atomic mass is 19.4. The van der Waals surface area contributed by atoms with Crippen molar-refractivity contribution in [3.8, 4) is 5.75 Å². The molecule has 0 spiro atoms. The number of ether oxygens (including phenoxy) is 2. The fraction of sp³-hybridized carbons (Fsp3) is 0.385. The Morgan fingerprint density at radius 3 is 2.36 bits per heavy atom. The van der Waals surface area contributed by atoms with E-state index in [1.807, 2.05) is 0 Å². The second-order valence-corrected chi connectivity index (χ2v) is 4.21. The Morgan fingerprint density at radius 1 is 1.27 bits per heavy atom. The summed E-state index contributed by atoms with van der Waals surface area (Å²) >= 11 is 0. The summed E-state index contributed by atoms with van der Waals surface area (Å²) in [7, 11) is 0.967. The molecule has 1 aromatic rings. The number of amides is 1. The van der Waals surface area contributed by atoms with E-state index in [9.17, 15) is 27.9 Å². The average Bonchev–Trinajstić information content (AvgIpc) is 2.44. The summed E-state index contributed by atoms with van der Waals surface area (Å²) in [6.07, 6.45) is -9.50. The molecule has 0 radical (unpaired) electrons. The van der Waals surface area contributed by atoms with E-state index in [1.54, 1.807) is 6.07 Å². The average molecular weight is 321 g/mol. The minimum Gasteiger partial charge on any atom is -0.469 e. The maximum atomic E-state index is 12.8. The SMILES string of the molecule is COC(=O)C[C@H](O)[C@@H](NC(=O)Oc1ccccc1)C(F)(F)F. The van der Waals surface area contributed by atoms with Gasteiger partial charge in [-0.1, -0.05) is 18.2 Å². The molecular weight excluding hydrogens is 307 g/mol. The van der Waals surface area contributed by atoms with Crippen LogP contribution in [-0.2, 0) is 9.53 Å². The van der Waals surface area contributed by atoms with E-state index in [-0.39, 0.29) is 5.75 Å². The molecule has 0 aliphatic carbocycles. The zero-order chi connectivity index (χ0) is 16.8. The van der Waals surface area contributed by atoms with Crippen LogP contribution < -0.4 is 10.1 Å². The van der Waals surface area contributed by atoms with E-state index in [2.05, 4.69) is 9.47 Å². The standard InChI is InChI=1S/C13H14F3NO5/c1-21-10(19)7-9(18)11(13(14,15)16)17-12(20)22-8-5-3-2-4-6-8/h2-6,9,11,18H,7H2,1H3,(H,17,20)/t9-,11+/m0/s1. The molecule has 6 nitrogen and oxygen atoms in total. The van der Waals surface area contributed by atoms with Crippen LogP contribution >= 0.6 is 0 Å². The zero-order valence-corrected chi connectivity index (χ0v) is 11.5. The molecular formula is C13H14F3NO5. The number of halogens is 3. The van der Waals surface area contributed by atoms with Crippen LogP contribution in [0.5, 0.6) is 5.75 Å². The largest absolute Gasteiger partial charge is 0.469 e. The summed E-state index contributed by atoms with van der Waals surface area (Å²) in [5.74, 6) is -1.01. The van der Waals surface area contributed by atoms with E-state index in [1.165, 1.54) is 29.6 Å². The number of methoxy groups -OCH3 is 1. The fourth-order valence-corrected chi connectivity index (χ4v) is 1.52. The van der Waals surface area contributed by atoms with Gasteiger partial charge >= 0.3 is 18.2 Å². The van der Waals surface area contributed by atoms with Gasteiger partial charge in [0.2, 0.25) is 0 Å². The van der Waals surface area contributed by atoms with Crippen LogP contribution in [0.3, 0.4) is 0 Å². The lowest BCUT2D eigenvalue weighted by atomic mass is 10.1. The van der Waals surface area contributed by atoms with Crippen LogP contribution in [0, 0.1) is 0 Å². The second-order valence-electron chi connectivity index (χ2n) is 4.21. The summed E-state index contributed by atoms with van der Waals surface area (Å²) in [5.41, 5.74) is 0. The molecule has 1 amide bonds. The Morgan fingerprint density at radius 2 is 1.86 bits per heavy atom. The Hall–Kier alpha value is -2.29. The van der Waals surface area contributed by atoms with E-state index < -0.39 is 36.8 Å². The van der Waals surface area contributed by atoms with Gasteiger partial charge in [0, 0.05) is 0 Å². The molecule has 0 bridgehead atoms. The molecule has 2 atom stereocenters. The molecule has 22 heavy (non-hydrogen) atoms. The van der Waals surface area contributed by atoms with Crippen molar-refractivity contribution in [3.63, 3.8) is 0 Å². The lowest BCUT2D eigenvalue weighted by Gasteiger charge is -2.25. The maximum Gasteiger partial charge on any atom is 0.413 e. The quantitative estimate of drug-likeness (QED) is 0.805. The first kappa shape index (κ1) is 17.8. The molecule has 122 valence electrons. The normalized spacial score (nSPS) is 13.9.